The van der Waals surface area contributed by atoms with Gasteiger partial charge in [0.1, 0.15) is 5.78 Å². The van der Waals surface area contributed by atoms with Crippen LogP contribution in [0.3, 0.4) is 0 Å². The summed E-state index contributed by atoms with van der Waals surface area (Å²) in [5.74, 6) is 0.226. The fraction of sp³-hybridized carbons (Fsp3) is 0.182. The van der Waals surface area contributed by atoms with Crippen LogP contribution in [0, 0.1) is 0 Å². The molecule has 2 rings (SSSR count). The minimum Gasteiger partial charge on any atom is -0.300 e. The lowest BCUT2D eigenvalue weighted by atomic mass is 10.1. The monoisotopic (exact) mass is 190 g/mol. The van der Waals surface area contributed by atoms with Crippen LogP contribution in [0.5, 0.6) is 0 Å². The van der Waals surface area contributed by atoms with E-state index in [1.54, 1.807) is 18.3 Å². The van der Waals surface area contributed by atoms with E-state index in [0.29, 0.717) is 6.42 Å². The van der Waals surface area contributed by atoms with Crippen molar-refractivity contribution in [3.8, 4) is 0 Å². The highest BCUT2D eigenvalue weighted by atomic mass is 32.1. The van der Waals surface area contributed by atoms with E-state index in [-0.39, 0.29) is 5.78 Å². The van der Waals surface area contributed by atoms with E-state index < -0.39 is 0 Å². The number of rotatable bonds is 2. The Bertz CT molecular complexity index is 442. The van der Waals surface area contributed by atoms with Crippen molar-refractivity contribution in [3.63, 3.8) is 0 Å². The van der Waals surface area contributed by atoms with E-state index in [0.717, 1.165) is 5.56 Å². The predicted molar refractivity (Wildman–Crippen MR) is 56.2 cm³/mol. The first-order valence-electron chi connectivity index (χ1n) is 4.22. The lowest BCUT2D eigenvalue weighted by Gasteiger charge is -1.93. The molecule has 0 aliphatic rings. The van der Waals surface area contributed by atoms with Crippen LogP contribution < -0.4 is 0 Å². The lowest BCUT2D eigenvalue weighted by Crippen LogP contribution is -1.94. The second-order valence-electron chi connectivity index (χ2n) is 3.14. The Morgan fingerprint density at radius 1 is 1.38 bits per heavy atom. The average molecular weight is 190 g/mol. The molecule has 2 aromatic rings. The summed E-state index contributed by atoms with van der Waals surface area (Å²) >= 11 is 1.70. The molecule has 0 bridgehead atoms. The van der Waals surface area contributed by atoms with Crippen LogP contribution in [0.25, 0.3) is 10.1 Å². The Balaban J connectivity index is 2.51. The van der Waals surface area contributed by atoms with Gasteiger partial charge in [-0.1, -0.05) is 18.2 Å². The molecule has 0 amide bonds. The molecule has 0 spiro atoms. The van der Waals surface area contributed by atoms with E-state index >= 15 is 0 Å². The largest absolute Gasteiger partial charge is 0.300 e. The number of carbonyl (C=O) groups excluding carboxylic acids is 1. The number of benzene rings is 1. The molecule has 13 heavy (non-hydrogen) atoms. The van der Waals surface area contributed by atoms with Crippen LogP contribution in [0.4, 0.5) is 0 Å². The maximum absolute atomic E-state index is 11.0. The van der Waals surface area contributed by atoms with Gasteiger partial charge in [0.25, 0.3) is 0 Å². The number of carbonyl (C=O) groups is 1. The summed E-state index contributed by atoms with van der Waals surface area (Å²) in [5, 5.41) is 3.30. The van der Waals surface area contributed by atoms with E-state index in [1.807, 2.05) is 12.1 Å². The summed E-state index contributed by atoms with van der Waals surface area (Å²) in [6.45, 7) is 1.63. The number of fused-ring (bicyclic) bond motifs is 1. The summed E-state index contributed by atoms with van der Waals surface area (Å²) in [6.07, 6.45) is 0.560. The third-order valence-corrected chi connectivity index (χ3v) is 3.01. The molecule has 0 N–H and O–H groups in total. The molecule has 0 saturated heterocycles. The molecule has 0 aliphatic heterocycles. The van der Waals surface area contributed by atoms with E-state index in [4.69, 9.17) is 0 Å². The third-order valence-electron chi connectivity index (χ3n) is 2.00. The Morgan fingerprint density at radius 2 is 2.15 bits per heavy atom. The molecule has 66 valence electrons. The Labute approximate surface area is 81.0 Å². The van der Waals surface area contributed by atoms with Crippen molar-refractivity contribution in [2.24, 2.45) is 0 Å². The zero-order valence-corrected chi connectivity index (χ0v) is 8.23. The van der Waals surface area contributed by atoms with Crippen LogP contribution in [0.15, 0.2) is 29.6 Å². The number of ketones is 1. The van der Waals surface area contributed by atoms with Gasteiger partial charge < -0.3 is 0 Å². The lowest BCUT2D eigenvalue weighted by molar-refractivity contribution is -0.116. The van der Waals surface area contributed by atoms with E-state index in [2.05, 4.69) is 17.5 Å². The molecular formula is C11H10OS. The Kier molecular flexibility index (Phi) is 2.15. The summed E-state index contributed by atoms with van der Waals surface area (Å²) < 4.78 is 1.26. The van der Waals surface area contributed by atoms with E-state index in [9.17, 15) is 4.79 Å². The molecule has 1 nitrogen and oxygen atoms in total. The average Bonchev–Trinajstić information content (AvgIpc) is 2.48. The quantitative estimate of drug-likeness (QED) is 0.711. The first-order valence-corrected chi connectivity index (χ1v) is 5.10. The minimum absolute atomic E-state index is 0.226. The van der Waals surface area contributed by atoms with E-state index in [1.165, 1.54) is 10.1 Å². The number of Topliss-reactive ketones (excluding diaryl/α,β-unsaturated/α-hetero) is 1. The molecule has 1 aromatic carbocycles. The van der Waals surface area contributed by atoms with Crippen LogP contribution in [-0.2, 0) is 11.2 Å². The molecule has 0 saturated carbocycles. The Hall–Kier alpha value is -1.15. The molecule has 1 heterocycles. The SMILES string of the molecule is CC(=O)Cc1csc2ccccc12. The van der Waals surface area contributed by atoms with Crippen LogP contribution in [-0.4, -0.2) is 5.78 Å². The molecule has 0 atom stereocenters. The van der Waals surface area contributed by atoms with Crippen molar-refractivity contribution in [1.29, 1.82) is 0 Å². The van der Waals surface area contributed by atoms with Gasteiger partial charge >= 0.3 is 0 Å². The number of hydrogen-bond acceptors (Lipinski definition) is 2. The van der Waals surface area contributed by atoms with Crippen LogP contribution in [0.2, 0.25) is 0 Å². The summed E-state index contributed by atoms with van der Waals surface area (Å²) in [6, 6.07) is 8.20. The third kappa shape index (κ3) is 1.63. The van der Waals surface area contributed by atoms with Gasteiger partial charge in [0.05, 0.1) is 0 Å². The highest BCUT2D eigenvalue weighted by Crippen LogP contribution is 2.25. The normalized spacial score (nSPS) is 10.5. The summed E-state index contributed by atoms with van der Waals surface area (Å²) in [5.41, 5.74) is 1.16. The maximum Gasteiger partial charge on any atom is 0.134 e. The maximum atomic E-state index is 11.0. The van der Waals surface area contributed by atoms with Crippen LogP contribution >= 0.6 is 11.3 Å². The fourth-order valence-electron chi connectivity index (χ4n) is 1.44. The zero-order valence-electron chi connectivity index (χ0n) is 7.41. The molecule has 2 heteroatoms. The van der Waals surface area contributed by atoms with Crippen LogP contribution in [0.1, 0.15) is 12.5 Å². The highest BCUT2D eigenvalue weighted by molar-refractivity contribution is 7.17. The molecular weight excluding hydrogens is 180 g/mol. The number of hydrogen-bond donors (Lipinski definition) is 0. The molecule has 1 aromatic heterocycles. The first-order chi connectivity index (χ1) is 6.27. The topological polar surface area (TPSA) is 17.1 Å². The minimum atomic E-state index is 0.226. The predicted octanol–water partition coefficient (Wildman–Crippen LogP) is 3.03. The second kappa shape index (κ2) is 3.30. The smallest absolute Gasteiger partial charge is 0.134 e. The van der Waals surface area contributed by atoms with Crippen molar-refractivity contribution in [1.82, 2.24) is 0 Å². The standard InChI is InChI=1S/C11H10OS/c1-8(12)6-9-7-13-11-5-3-2-4-10(9)11/h2-5,7H,6H2,1H3. The van der Waals surface area contributed by atoms with Gasteiger partial charge in [-0.3, -0.25) is 4.79 Å². The van der Waals surface area contributed by atoms with Crippen molar-refractivity contribution in [2.45, 2.75) is 13.3 Å². The summed E-state index contributed by atoms with van der Waals surface area (Å²) in [4.78, 5) is 11.0. The van der Waals surface area contributed by atoms with Crippen molar-refractivity contribution >= 4 is 27.2 Å². The highest BCUT2D eigenvalue weighted by Gasteiger charge is 2.04. The van der Waals surface area contributed by atoms with Gasteiger partial charge in [-0.2, -0.15) is 0 Å². The van der Waals surface area contributed by atoms with Crippen molar-refractivity contribution in [3.05, 3.63) is 35.2 Å². The van der Waals surface area contributed by atoms with Gasteiger partial charge in [-0.25, -0.2) is 0 Å². The molecule has 0 fully saturated rings. The second-order valence-corrected chi connectivity index (χ2v) is 4.05. The summed E-state index contributed by atoms with van der Waals surface area (Å²) in [7, 11) is 0. The van der Waals surface area contributed by atoms with Gasteiger partial charge in [-0.15, -0.1) is 11.3 Å². The van der Waals surface area contributed by atoms with Gasteiger partial charge in [0.15, 0.2) is 0 Å². The Morgan fingerprint density at radius 3 is 2.92 bits per heavy atom. The van der Waals surface area contributed by atoms with Gasteiger partial charge in [0.2, 0.25) is 0 Å². The molecule has 0 aliphatic carbocycles. The van der Waals surface area contributed by atoms with Gasteiger partial charge in [-0.05, 0) is 29.3 Å². The molecule has 0 radical (unpaired) electrons. The number of thiophene rings is 1. The zero-order chi connectivity index (χ0) is 9.26. The first kappa shape index (κ1) is 8.45. The fourth-order valence-corrected chi connectivity index (χ4v) is 2.40. The van der Waals surface area contributed by atoms with Crippen molar-refractivity contribution < 1.29 is 4.79 Å². The van der Waals surface area contributed by atoms with Gasteiger partial charge in [0, 0.05) is 11.1 Å². The molecule has 0 unspecified atom stereocenters. The van der Waals surface area contributed by atoms with Crippen molar-refractivity contribution in [2.75, 3.05) is 0 Å².